The standard InChI is InChI=1S/C13H22N4/c1-3-11(2)14-8-12-9-15-13(16-10-12)17-6-4-5-7-17/h9-11,14H,3-8H2,1-2H3. The lowest BCUT2D eigenvalue weighted by Gasteiger charge is -2.15. The van der Waals surface area contributed by atoms with Crippen LogP contribution in [0.3, 0.4) is 0 Å². The molecule has 17 heavy (non-hydrogen) atoms. The van der Waals surface area contributed by atoms with Gasteiger partial charge in [0, 0.05) is 43.6 Å². The second kappa shape index (κ2) is 5.96. The molecule has 2 heterocycles. The van der Waals surface area contributed by atoms with Gasteiger partial charge in [-0.3, -0.25) is 0 Å². The van der Waals surface area contributed by atoms with Crippen molar-refractivity contribution in [2.45, 2.75) is 45.7 Å². The fourth-order valence-electron chi connectivity index (χ4n) is 1.96. The highest BCUT2D eigenvalue weighted by Crippen LogP contribution is 2.14. The second-order valence-electron chi connectivity index (χ2n) is 4.78. The zero-order chi connectivity index (χ0) is 12.1. The Labute approximate surface area is 103 Å². The maximum Gasteiger partial charge on any atom is 0.225 e. The van der Waals surface area contributed by atoms with E-state index >= 15 is 0 Å². The number of aromatic nitrogens is 2. The van der Waals surface area contributed by atoms with E-state index < -0.39 is 0 Å². The summed E-state index contributed by atoms with van der Waals surface area (Å²) in [6.45, 7) is 7.44. The molecule has 0 aliphatic carbocycles. The summed E-state index contributed by atoms with van der Waals surface area (Å²) in [4.78, 5) is 11.1. The molecule has 1 aliphatic rings. The molecule has 0 aromatic carbocycles. The van der Waals surface area contributed by atoms with Gasteiger partial charge in [0.05, 0.1) is 0 Å². The second-order valence-corrected chi connectivity index (χ2v) is 4.78. The highest BCUT2D eigenvalue weighted by Gasteiger charge is 2.14. The fourth-order valence-corrected chi connectivity index (χ4v) is 1.96. The molecule has 4 nitrogen and oxygen atoms in total. The molecular weight excluding hydrogens is 212 g/mol. The van der Waals surface area contributed by atoms with E-state index in [1.807, 2.05) is 12.4 Å². The Morgan fingerprint density at radius 1 is 1.29 bits per heavy atom. The average molecular weight is 234 g/mol. The topological polar surface area (TPSA) is 41.1 Å². The molecule has 1 atom stereocenters. The first kappa shape index (κ1) is 12.3. The van der Waals surface area contributed by atoms with Crippen LogP contribution >= 0.6 is 0 Å². The van der Waals surface area contributed by atoms with Crippen molar-refractivity contribution in [1.29, 1.82) is 0 Å². The minimum Gasteiger partial charge on any atom is -0.341 e. The van der Waals surface area contributed by atoms with Crippen molar-refractivity contribution < 1.29 is 0 Å². The van der Waals surface area contributed by atoms with E-state index in [2.05, 4.69) is 34.0 Å². The number of hydrogen-bond donors (Lipinski definition) is 1. The van der Waals surface area contributed by atoms with Crippen LogP contribution < -0.4 is 10.2 Å². The van der Waals surface area contributed by atoms with Crippen molar-refractivity contribution in [3.8, 4) is 0 Å². The first-order valence-electron chi connectivity index (χ1n) is 6.59. The Kier molecular flexibility index (Phi) is 4.31. The summed E-state index contributed by atoms with van der Waals surface area (Å²) >= 11 is 0. The first-order chi connectivity index (χ1) is 8.29. The summed E-state index contributed by atoms with van der Waals surface area (Å²) in [5, 5.41) is 3.44. The van der Waals surface area contributed by atoms with Gasteiger partial charge in [0.25, 0.3) is 0 Å². The lowest BCUT2D eigenvalue weighted by Crippen LogP contribution is -2.25. The van der Waals surface area contributed by atoms with Gasteiger partial charge >= 0.3 is 0 Å². The fraction of sp³-hybridized carbons (Fsp3) is 0.692. The number of hydrogen-bond acceptors (Lipinski definition) is 4. The quantitative estimate of drug-likeness (QED) is 0.845. The maximum atomic E-state index is 4.44. The van der Waals surface area contributed by atoms with Crippen molar-refractivity contribution in [3.05, 3.63) is 18.0 Å². The van der Waals surface area contributed by atoms with Crippen LogP contribution in [0.1, 0.15) is 38.7 Å². The monoisotopic (exact) mass is 234 g/mol. The third-order valence-electron chi connectivity index (χ3n) is 3.35. The molecular formula is C13H22N4. The molecule has 1 fully saturated rings. The van der Waals surface area contributed by atoms with E-state index in [1.165, 1.54) is 12.8 Å². The van der Waals surface area contributed by atoms with Crippen molar-refractivity contribution in [3.63, 3.8) is 0 Å². The number of anilines is 1. The van der Waals surface area contributed by atoms with Crippen LogP contribution in [-0.4, -0.2) is 29.1 Å². The number of nitrogens with one attached hydrogen (secondary N) is 1. The highest BCUT2D eigenvalue weighted by atomic mass is 15.3. The summed E-state index contributed by atoms with van der Waals surface area (Å²) < 4.78 is 0. The van der Waals surface area contributed by atoms with E-state index in [4.69, 9.17) is 0 Å². The zero-order valence-electron chi connectivity index (χ0n) is 10.8. The minimum absolute atomic E-state index is 0.549. The minimum atomic E-state index is 0.549. The molecule has 1 unspecified atom stereocenters. The van der Waals surface area contributed by atoms with Crippen LogP contribution in [0.15, 0.2) is 12.4 Å². The Morgan fingerprint density at radius 2 is 1.94 bits per heavy atom. The summed E-state index contributed by atoms with van der Waals surface area (Å²) in [6, 6.07) is 0.549. The molecule has 1 aromatic heterocycles. The molecule has 1 aromatic rings. The third-order valence-corrected chi connectivity index (χ3v) is 3.35. The zero-order valence-corrected chi connectivity index (χ0v) is 10.8. The highest BCUT2D eigenvalue weighted by molar-refractivity contribution is 5.30. The van der Waals surface area contributed by atoms with E-state index in [0.29, 0.717) is 6.04 Å². The van der Waals surface area contributed by atoms with Gasteiger partial charge in [0.1, 0.15) is 0 Å². The summed E-state index contributed by atoms with van der Waals surface area (Å²) in [5.74, 6) is 0.884. The van der Waals surface area contributed by atoms with E-state index in [0.717, 1.165) is 37.6 Å². The SMILES string of the molecule is CCC(C)NCc1cnc(N2CCCC2)nc1. The molecule has 94 valence electrons. The first-order valence-corrected chi connectivity index (χ1v) is 6.59. The Morgan fingerprint density at radius 3 is 2.53 bits per heavy atom. The molecule has 4 heteroatoms. The molecule has 0 radical (unpaired) electrons. The van der Waals surface area contributed by atoms with Gasteiger partial charge in [-0.25, -0.2) is 9.97 Å². The molecule has 0 saturated carbocycles. The van der Waals surface area contributed by atoms with Gasteiger partial charge in [-0.2, -0.15) is 0 Å². The Balaban J connectivity index is 1.88. The molecule has 0 amide bonds. The number of nitrogens with zero attached hydrogens (tertiary/aromatic N) is 3. The van der Waals surface area contributed by atoms with Crippen molar-refractivity contribution >= 4 is 5.95 Å². The predicted octanol–water partition coefficient (Wildman–Crippen LogP) is 1.96. The van der Waals surface area contributed by atoms with E-state index in [1.54, 1.807) is 0 Å². The van der Waals surface area contributed by atoms with Gasteiger partial charge in [-0.15, -0.1) is 0 Å². The lowest BCUT2D eigenvalue weighted by atomic mass is 10.2. The van der Waals surface area contributed by atoms with Crippen molar-refractivity contribution in [1.82, 2.24) is 15.3 Å². The Bertz CT molecular complexity index is 330. The third kappa shape index (κ3) is 3.40. The number of rotatable bonds is 5. The largest absolute Gasteiger partial charge is 0.341 e. The van der Waals surface area contributed by atoms with Crippen LogP contribution in [0.25, 0.3) is 0 Å². The van der Waals surface area contributed by atoms with Crippen molar-refractivity contribution in [2.24, 2.45) is 0 Å². The molecule has 1 N–H and O–H groups in total. The smallest absolute Gasteiger partial charge is 0.225 e. The van der Waals surface area contributed by atoms with Crippen LogP contribution in [0.2, 0.25) is 0 Å². The lowest BCUT2D eigenvalue weighted by molar-refractivity contribution is 0.533. The molecule has 2 rings (SSSR count). The van der Waals surface area contributed by atoms with E-state index in [9.17, 15) is 0 Å². The van der Waals surface area contributed by atoms with Gasteiger partial charge in [-0.1, -0.05) is 6.92 Å². The predicted molar refractivity (Wildman–Crippen MR) is 70.1 cm³/mol. The molecule has 0 bridgehead atoms. The average Bonchev–Trinajstić information content (AvgIpc) is 2.90. The molecule has 0 spiro atoms. The summed E-state index contributed by atoms with van der Waals surface area (Å²) in [5.41, 5.74) is 1.16. The van der Waals surface area contributed by atoms with Crippen LogP contribution in [-0.2, 0) is 6.54 Å². The maximum absolute atomic E-state index is 4.44. The normalized spacial score (nSPS) is 17.4. The summed E-state index contributed by atoms with van der Waals surface area (Å²) in [7, 11) is 0. The van der Waals surface area contributed by atoms with Gasteiger partial charge in [-0.05, 0) is 26.2 Å². The van der Waals surface area contributed by atoms with Crippen LogP contribution in [0.4, 0.5) is 5.95 Å². The Hall–Kier alpha value is -1.16. The van der Waals surface area contributed by atoms with Gasteiger partial charge < -0.3 is 10.2 Å². The van der Waals surface area contributed by atoms with Gasteiger partial charge in [0.2, 0.25) is 5.95 Å². The van der Waals surface area contributed by atoms with Crippen LogP contribution in [0, 0.1) is 0 Å². The summed E-state index contributed by atoms with van der Waals surface area (Å²) in [6.07, 6.45) is 7.56. The van der Waals surface area contributed by atoms with E-state index in [-0.39, 0.29) is 0 Å². The molecule has 1 saturated heterocycles. The molecule has 1 aliphatic heterocycles. The van der Waals surface area contributed by atoms with Gasteiger partial charge in [0.15, 0.2) is 0 Å². The van der Waals surface area contributed by atoms with Crippen LogP contribution in [0.5, 0.6) is 0 Å². The van der Waals surface area contributed by atoms with Crippen molar-refractivity contribution in [2.75, 3.05) is 18.0 Å².